The molecule has 1 amide bonds. The lowest BCUT2D eigenvalue weighted by Crippen LogP contribution is -2.49. The summed E-state index contributed by atoms with van der Waals surface area (Å²) in [5.41, 5.74) is 0. The Hall–Kier alpha value is -0.650. The molecule has 1 aliphatic carbocycles. The van der Waals surface area contributed by atoms with E-state index in [0.29, 0.717) is 12.0 Å². The Labute approximate surface area is 147 Å². The first-order valence-electron chi connectivity index (χ1n) is 9.94. The van der Waals surface area contributed by atoms with Gasteiger partial charge >= 0.3 is 0 Å². The second-order valence-corrected chi connectivity index (χ2v) is 7.82. The predicted octanol–water partition coefficient (Wildman–Crippen LogP) is 1.85. The summed E-state index contributed by atoms with van der Waals surface area (Å²) in [4.78, 5) is 17.1. The van der Waals surface area contributed by atoms with Crippen molar-refractivity contribution in [1.29, 1.82) is 0 Å². The van der Waals surface area contributed by atoms with E-state index >= 15 is 0 Å². The van der Waals surface area contributed by atoms with E-state index in [2.05, 4.69) is 22.2 Å². The number of hydrogen-bond acceptors (Lipinski definition) is 4. The fourth-order valence-electron chi connectivity index (χ4n) is 4.05. The Morgan fingerprint density at radius 3 is 2.38 bits per heavy atom. The molecule has 140 valence electrons. The van der Waals surface area contributed by atoms with Crippen molar-refractivity contribution in [2.24, 2.45) is 5.92 Å². The van der Waals surface area contributed by atoms with Crippen molar-refractivity contribution in [3.63, 3.8) is 0 Å². The summed E-state index contributed by atoms with van der Waals surface area (Å²) in [7, 11) is 2.08. The van der Waals surface area contributed by atoms with Crippen molar-refractivity contribution >= 4 is 5.91 Å². The molecule has 2 N–H and O–H groups in total. The number of amides is 1. The number of carbonyl (C=O) groups is 1. The second-order valence-electron chi connectivity index (χ2n) is 7.82. The number of nitrogens with one attached hydrogen (secondary N) is 1. The van der Waals surface area contributed by atoms with Crippen molar-refractivity contribution in [2.75, 3.05) is 39.8 Å². The van der Waals surface area contributed by atoms with Crippen molar-refractivity contribution in [3.05, 3.63) is 0 Å². The molecule has 1 saturated carbocycles. The molecule has 2 aliphatic rings. The predicted molar refractivity (Wildman–Crippen MR) is 98.0 cm³/mol. The van der Waals surface area contributed by atoms with Gasteiger partial charge in [-0.2, -0.15) is 0 Å². The summed E-state index contributed by atoms with van der Waals surface area (Å²) in [5, 5.41) is 12.3. The lowest BCUT2D eigenvalue weighted by molar-refractivity contribution is -0.126. The monoisotopic (exact) mass is 339 g/mol. The molecule has 0 radical (unpaired) electrons. The Bertz CT molecular complexity index is 362. The van der Waals surface area contributed by atoms with Gasteiger partial charge in [-0.25, -0.2) is 0 Å². The third kappa shape index (κ3) is 6.34. The van der Waals surface area contributed by atoms with Gasteiger partial charge in [0.1, 0.15) is 0 Å². The summed E-state index contributed by atoms with van der Waals surface area (Å²) >= 11 is 0. The third-order valence-corrected chi connectivity index (χ3v) is 5.91. The van der Waals surface area contributed by atoms with Gasteiger partial charge in [0.25, 0.3) is 0 Å². The molecule has 2 fully saturated rings. The Balaban J connectivity index is 1.71. The number of piperidine rings is 1. The van der Waals surface area contributed by atoms with Gasteiger partial charge in [0.2, 0.25) is 5.91 Å². The van der Waals surface area contributed by atoms with Crippen LogP contribution in [0, 0.1) is 5.92 Å². The summed E-state index contributed by atoms with van der Waals surface area (Å²) < 4.78 is 0. The van der Waals surface area contributed by atoms with E-state index in [1.165, 1.54) is 38.5 Å². The average Bonchev–Trinajstić information content (AvgIpc) is 2.84. The van der Waals surface area contributed by atoms with Crippen LogP contribution in [0.2, 0.25) is 0 Å². The maximum absolute atomic E-state index is 12.6. The molecule has 1 atom stereocenters. The highest BCUT2D eigenvalue weighted by Gasteiger charge is 2.25. The van der Waals surface area contributed by atoms with Crippen LogP contribution >= 0.6 is 0 Å². The van der Waals surface area contributed by atoms with E-state index in [1.54, 1.807) is 0 Å². The van der Waals surface area contributed by atoms with Crippen LogP contribution in [0.25, 0.3) is 0 Å². The lowest BCUT2D eigenvalue weighted by Gasteiger charge is -2.35. The Morgan fingerprint density at radius 1 is 1.17 bits per heavy atom. The highest BCUT2D eigenvalue weighted by molar-refractivity contribution is 5.81. The molecule has 1 aliphatic heterocycles. The van der Waals surface area contributed by atoms with Gasteiger partial charge in [-0.15, -0.1) is 0 Å². The first-order chi connectivity index (χ1) is 11.6. The van der Waals surface area contributed by atoms with Crippen LogP contribution in [0.3, 0.4) is 0 Å². The fraction of sp³-hybridized carbons (Fsp3) is 0.947. The number of rotatable bonds is 7. The zero-order valence-corrected chi connectivity index (χ0v) is 15.7. The largest absolute Gasteiger partial charge is 0.395 e. The summed E-state index contributed by atoms with van der Waals surface area (Å²) in [5.74, 6) is 0.861. The van der Waals surface area contributed by atoms with Crippen LogP contribution in [0.15, 0.2) is 0 Å². The van der Waals surface area contributed by atoms with Crippen LogP contribution in [-0.4, -0.2) is 72.7 Å². The average molecular weight is 340 g/mol. The van der Waals surface area contributed by atoms with Crippen LogP contribution in [0.5, 0.6) is 0 Å². The molecule has 1 heterocycles. The van der Waals surface area contributed by atoms with Gasteiger partial charge in [0, 0.05) is 19.1 Å². The van der Waals surface area contributed by atoms with E-state index in [4.69, 9.17) is 5.11 Å². The molecule has 5 heteroatoms. The Kier molecular flexibility index (Phi) is 8.50. The molecule has 0 spiro atoms. The van der Waals surface area contributed by atoms with Crippen molar-refractivity contribution in [2.45, 2.75) is 70.4 Å². The quantitative estimate of drug-likeness (QED) is 0.695. The van der Waals surface area contributed by atoms with E-state index in [9.17, 15) is 4.79 Å². The van der Waals surface area contributed by atoms with Crippen molar-refractivity contribution < 1.29 is 9.90 Å². The minimum Gasteiger partial charge on any atom is -0.395 e. The minimum atomic E-state index is -0.0521. The van der Waals surface area contributed by atoms with E-state index in [1.807, 2.05) is 6.92 Å². The molecule has 24 heavy (non-hydrogen) atoms. The van der Waals surface area contributed by atoms with Gasteiger partial charge in [-0.1, -0.05) is 25.7 Å². The third-order valence-electron chi connectivity index (χ3n) is 5.91. The highest BCUT2D eigenvalue weighted by Crippen LogP contribution is 2.20. The topological polar surface area (TPSA) is 55.8 Å². The number of aliphatic hydroxyl groups is 1. The summed E-state index contributed by atoms with van der Waals surface area (Å²) in [6.45, 7) is 6.22. The standard InChI is InChI=1S/C19H37N3O2/c1-16(19(24)20-18-7-5-3-4-6-8-18)21(2)15-17-9-11-22(12-10-17)13-14-23/h16-18,23H,3-15H2,1-2H3,(H,20,24)/t16-/m1/s1. The number of aliphatic hydroxyl groups excluding tert-OH is 1. The number of β-amino-alcohol motifs (C(OH)–C–C–N with tert-alkyl or cyclic N) is 1. The van der Waals surface area contributed by atoms with Gasteiger partial charge < -0.3 is 15.3 Å². The normalized spacial score (nSPS) is 23.2. The SMILES string of the molecule is C[C@H](C(=O)NC1CCCCCC1)N(C)CC1CCN(CCO)CC1. The smallest absolute Gasteiger partial charge is 0.237 e. The molecule has 2 rings (SSSR count). The summed E-state index contributed by atoms with van der Waals surface area (Å²) in [6.07, 6.45) is 9.76. The first-order valence-corrected chi connectivity index (χ1v) is 9.94. The van der Waals surface area contributed by atoms with Crippen LogP contribution in [0.4, 0.5) is 0 Å². The molecule has 1 saturated heterocycles. The number of nitrogens with zero attached hydrogens (tertiary/aromatic N) is 2. The summed E-state index contributed by atoms with van der Waals surface area (Å²) in [6, 6.07) is 0.335. The van der Waals surface area contributed by atoms with Crippen molar-refractivity contribution in [1.82, 2.24) is 15.1 Å². The second kappa shape index (κ2) is 10.4. The fourth-order valence-corrected chi connectivity index (χ4v) is 4.05. The number of hydrogen-bond donors (Lipinski definition) is 2. The van der Waals surface area contributed by atoms with Crippen LogP contribution in [0.1, 0.15) is 58.3 Å². The van der Waals surface area contributed by atoms with Gasteiger partial charge in [-0.3, -0.25) is 9.69 Å². The van der Waals surface area contributed by atoms with Crippen LogP contribution in [-0.2, 0) is 4.79 Å². The maximum atomic E-state index is 12.6. The highest BCUT2D eigenvalue weighted by atomic mass is 16.3. The molecule has 0 unspecified atom stereocenters. The van der Waals surface area contributed by atoms with E-state index < -0.39 is 0 Å². The Morgan fingerprint density at radius 2 is 1.79 bits per heavy atom. The molecule has 0 aromatic heterocycles. The zero-order chi connectivity index (χ0) is 17.4. The number of carbonyl (C=O) groups excluding carboxylic acids is 1. The molecule has 0 bridgehead atoms. The van der Waals surface area contributed by atoms with Gasteiger partial charge in [-0.05, 0) is 58.7 Å². The lowest BCUT2D eigenvalue weighted by atomic mass is 9.96. The molecular weight excluding hydrogens is 302 g/mol. The minimum absolute atomic E-state index is 0.0521. The molecule has 5 nitrogen and oxygen atoms in total. The molecule has 0 aromatic rings. The van der Waals surface area contributed by atoms with Gasteiger partial charge in [0.15, 0.2) is 0 Å². The van der Waals surface area contributed by atoms with E-state index in [-0.39, 0.29) is 18.6 Å². The van der Waals surface area contributed by atoms with Gasteiger partial charge in [0.05, 0.1) is 12.6 Å². The maximum Gasteiger partial charge on any atom is 0.237 e. The first kappa shape index (κ1) is 19.7. The van der Waals surface area contributed by atoms with E-state index in [0.717, 1.165) is 39.0 Å². The zero-order valence-electron chi connectivity index (χ0n) is 15.7. The van der Waals surface area contributed by atoms with Crippen LogP contribution < -0.4 is 5.32 Å². The molecular formula is C19H37N3O2. The number of likely N-dealkylation sites (N-methyl/N-ethyl adjacent to an activating group) is 1. The number of likely N-dealkylation sites (tertiary alicyclic amines) is 1. The van der Waals surface area contributed by atoms with Crippen molar-refractivity contribution in [3.8, 4) is 0 Å². The molecule has 0 aromatic carbocycles.